The molecule has 0 bridgehead atoms. The maximum atomic E-state index is 13.3. The summed E-state index contributed by atoms with van der Waals surface area (Å²) >= 11 is 0. The van der Waals surface area contributed by atoms with Gasteiger partial charge < -0.3 is 43.2 Å². The number of aliphatic hydroxyl groups excluding tert-OH is 1. The van der Waals surface area contributed by atoms with Crippen molar-refractivity contribution in [2.75, 3.05) is 12.3 Å². The number of nitrogens with one attached hydrogen (secondary N) is 5. The normalized spacial score (nSPS) is 16.1. The fraction of sp³-hybridized carbons (Fsp3) is 0.625. The number of benzene rings is 1. The monoisotopic (exact) mass is 765 g/mol. The fourth-order valence-electron chi connectivity index (χ4n) is 6.72. The summed E-state index contributed by atoms with van der Waals surface area (Å²) in [6, 6.07) is 6.82. The molecule has 10 N–H and O–H groups in total. The van der Waals surface area contributed by atoms with Crippen LogP contribution in [0.1, 0.15) is 109 Å². The molecule has 1 heterocycles. The topological polar surface area (TPSA) is 244 Å². The van der Waals surface area contributed by atoms with Gasteiger partial charge in [0.15, 0.2) is 0 Å². The zero-order valence-electron chi connectivity index (χ0n) is 33.2. The summed E-state index contributed by atoms with van der Waals surface area (Å²) < 4.78 is 0. The molecule has 304 valence electrons. The van der Waals surface area contributed by atoms with Gasteiger partial charge in [0.1, 0.15) is 23.7 Å². The summed E-state index contributed by atoms with van der Waals surface area (Å²) in [4.78, 5) is 74.1. The number of aryl methyl sites for hydroxylation is 1. The number of aliphatic hydroxyl groups is 1. The van der Waals surface area contributed by atoms with Crippen LogP contribution in [0.25, 0.3) is 0 Å². The first kappa shape index (κ1) is 44.8. The molecule has 1 aromatic heterocycles. The van der Waals surface area contributed by atoms with Crippen LogP contribution in [-0.2, 0) is 36.9 Å². The van der Waals surface area contributed by atoms with Gasteiger partial charge in [0.2, 0.25) is 29.5 Å². The Morgan fingerprint density at radius 2 is 1.64 bits per heavy atom. The first-order chi connectivity index (χ1) is 26.0. The molecule has 0 radical (unpaired) electrons. The van der Waals surface area contributed by atoms with E-state index in [1.807, 2.05) is 44.2 Å². The van der Waals surface area contributed by atoms with Crippen molar-refractivity contribution in [2.24, 2.45) is 17.6 Å². The predicted molar refractivity (Wildman–Crippen MR) is 211 cm³/mol. The maximum absolute atomic E-state index is 13.3. The van der Waals surface area contributed by atoms with E-state index in [0.29, 0.717) is 24.2 Å². The first-order valence-electron chi connectivity index (χ1n) is 19.6. The number of hydrogen-bond donors (Lipinski definition) is 8. The van der Waals surface area contributed by atoms with Crippen molar-refractivity contribution in [2.45, 2.75) is 142 Å². The van der Waals surface area contributed by atoms with E-state index in [1.165, 1.54) is 0 Å². The Hall–Kier alpha value is -4.63. The molecule has 5 atom stereocenters. The molecule has 15 nitrogen and oxygen atoms in total. The highest BCUT2D eigenvalue weighted by Gasteiger charge is 2.31. The average molecular weight is 766 g/mol. The lowest BCUT2D eigenvalue weighted by atomic mass is 9.83. The molecule has 15 heteroatoms. The van der Waals surface area contributed by atoms with E-state index in [4.69, 9.17) is 11.5 Å². The summed E-state index contributed by atoms with van der Waals surface area (Å²) in [5.74, 6) is -1.29. The molecule has 1 aliphatic carbocycles. The van der Waals surface area contributed by atoms with Crippen LogP contribution in [-0.4, -0.2) is 80.9 Å². The molecular formula is C40H63N9O6. The quantitative estimate of drug-likeness (QED) is 0.0920. The number of rotatable bonds is 21. The number of carbonyl (C=O) groups is 5. The minimum absolute atomic E-state index is 0.00694. The number of nitrogen functional groups attached to an aromatic ring is 1. The van der Waals surface area contributed by atoms with Crippen LogP contribution in [0.15, 0.2) is 36.5 Å². The summed E-state index contributed by atoms with van der Waals surface area (Å²) in [5, 5.41) is 25.5. The third kappa shape index (κ3) is 16.3. The Bertz CT molecular complexity index is 1560. The van der Waals surface area contributed by atoms with E-state index in [1.54, 1.807) is 27.0 Å². The highest BCUT2D eigenvalue weighted by molar-refractivity contribution is 5.89. The van der Waals surface area contributed by atoms with Gasteiger partial charge in [-0.3, -0.25) is 24.0 Å². The zero-order valence-corrected chi connectivity index (χ0v) is 33.2. The lowest BCUT2D eigenvalue weighted by molar-refractivity contribution is -0.132. The fourth-order valence-corrected chi connectivity index (χ4v) is 6.72. The minimum atomic E-state index is -1.22. The second kappa shape index (κ2) is 22.1. The molecule has 5 amide bonds. The molecule has 0 spiro atoms. The standard InChI is InChI=1S/C40H63N9O6/c1-6-25(2)36(39(55)45-24-29-23-44-26(3)46-37(29)41)49-34(52)21-32(50)30(19-27-13-9-7-10-14-27)47-33(51)17-18-43-38(54)31(20-28-15-11-8-12-16-28)48-35(53)22-40(4,5)42/h8,11-12,15-16,23,25,27,30-32,36,50H,6-7,9-10,13-14,17-22,24,42H2,1-5H3,(H,43,54)(H,45,55)(H,47,51)(H,48,53)(H,49,52)(H2,41,44,46)/t25-,30-,31-,32-,36-/m0/s1. The van der Waals surface area contributed by atoms with Gasteiger partial charge in [0, 0.05) is 49.7 Å². The number of hydrogen-bond acceptors (Lipinski definition) is 10. The smallest absolute Gasteiger partial charge is 0.243 e. The van der Waals surface area contributed by atoms with Gasteiger partial charge in [0.25, 0.3) is 0 Å². The lowest BCUT2D eigenvalue weighted by Crippen LogP contribution is -2.52. The van der Waals surface area contributed by atoms with Crippen molar-refractivity contribution in [3.8, 4) is 0 Å². The van der Waals surface area contributed by atoms with E-state index in [2.05, 4.69) is 36.6 Å². The van der Waals surface area contributed by atoms with Crippen molar-refractivity contribution in [1.29, 1.82) is 0 Å². The van der Waals surface area contributed by atoms with Crippen LogP contribution < -0.4 is 38.1 Å². The molecule has 1 aliphatic rings. The molecule has 1 saturated carbocycles. The Morgan fingerprint density at radius 3 is 2.27 bits per heavy atom. The molecule has 1 aromatic carbocycles. The van der Waals surface area contributed by atoms with Crippen LogP contribution >= 0.6 is 0 Å². The van der Waals surface area contributed by atoms with Crippen LogP contribution in [0, 0.1) is 18.8 Å². The molecule has 1 fully saturated rings. The molecular weight excluding hydrogens is 702 g/mol. The average Bonchev–Trinajstić information content (AvgIpc) is 3.12. The van der Waals surface area contributed by atoms with Crippen molar-refractivity contribution in [1.82, 2.24) is 36.6 Å². The van der Waals surface area contributed by atoms with E-state index >= 15 is 0 Å². The van der Waals surface area contributed by atoms with Crippen molar-refractivity contribution in [3.05, 3.63) is 53.5 Å². The first-order valence-corrected chi connectivity index (χ1v) is 19.6. The van der Waals surface area contributed by atoms with Gasteiger partial charge in [-0.25, -0.2) is 9.97 Å². The summed E-state index contributed by atoms with van der Waals surface area (Å²) in [6.07, 6.45) is 6.48. The van der Waals surface area contributed by atoms with Gasteiger partial charge in [-0.15, -0.1) is 0 Å². The summed E-state index contributed by atoms with van der Waals surface area (Å²) in [6.45, 7) is 9.02. The molecule has 2 aromatic rings. The molecule has 0 saturated heterocycles. The van der Waals surface area contributed by atoms with Gasteiger partial charge in [-0.05, 0) is 44.6 Å². The van der Waals surface area contributed by atoms with E-state index in [9.17, 15) is 29.1 Å². The largest absolute Gasteiger partial charge is 0.390 e. The van der Waals surface area contributed by atoms with Gasteiger partial charge in [0.05, 0.1) is 18.6 Å². The summed E-state index contributed by atoms with van der Waals surface area (Å²) in [5.41, 5.74) is 12.6. The van der Waals surface area contributed by atoms with Gasteiger partial charge >= 0.3 is 0 Å². The van der Waals surface area contributed by atoms with Crippen molar-refractivity contribution < 1.29 is 29.1 Å². The van der Waals surface area contributed by atoms with Crippen molar-refractivity contribution in [3.63, 3.8) is 0 Å². The molecule has 55 heavy (non-hydrogen) atoms. The molecule has 3 rings (SSSR count). The third-order valence-electron chi connectivity index (χ3n) is 10.0. The predicted octanol–water partition coefficient (Wildman–Crippen LogP) is 2.08. The minimum Gasteiger partial charge on any atom is -0.390 e. The number of aromatic nitrogens is 2. The number of amides is 5. The van der Waals surface area contributed by atoms with E-state index < -0.39 is 53.4 Å². The third-order valence-corrected chi connectivity index (χ3v) is 10.0. The number of carbonyl (C=O) groups excluding carboxylic acids is 5. The Kier molecular flexibility index (Phi) is 18.0. The second-order valence-corrected chi connectivity index (χ2v) is 15.7. The number of anilines is 1. The highest BCUT2D eigenvalue weighted by Crippen LogP contribution is 2.28. The Balaban J connectivity index is 1.61. The number of nitrogens with zero attached hydrogens (tertiary/aromatic N) is 2. The maximum Gasteiger partial charge on any atom is 0.243 e. The second-order valence-electron chi connectivity index (χ2n) is 15.7. The van der Waals surface area contributed by atoms with Crippen LogP contribution in [0.4, 0.5) is 5.82 Å². The lowest BCUT2D eigenvalue weighted by Gasteiger charge is -2.30. The molecule has 0 aliphatic heterocycles. The zero-order chi connectivity index (χ0) is 40.5. The van der Waals surface area contributed by atoms with E-state index in [-0.39, 0.29) is 62.3 Å². The van der Waals surface area contributed by atoms with E-state index in [0.717, 1.165) is 37.7 Å². The van der Waals surface area contributed by atoms with Crippen LogP contribution in [0.2, 0.25) is 0 Å². The van der Waals surface area contributed by atoms with Crippen LogP contribution in [0.5, 0.6) is 0 Å². The van der Waals surface area contributed by atoms with Gasteiger partial charge in [-0.2, -0.15) is 0 Å². The van der Waals surface area contributed by atoms with Crippen LogP contribution in [0.3, 0.4) is 0 Å². The Morgan fingerprint density at radius 1 is 0.945 bits per heavy atom. The number of nitrogens with two attached hydrogens (primary N) is 2. The highest BCUT2D eigenvalue weighted by atomic mass is 16.3. The van der Waals surface area contributed by atoms with Crippen molar-refractivity contribution >= 4 is 35.4 Å². The summed E-state index contributed by atoms with van der Waals surface area (Å²) in [7, 11) is 0. The molecule has 0 unspecified atom stereocenters. The Labute approximate surface area is 325 Å². The SMILES string of the molecule is CC[C@H](C)[C@H](NC(=O)C[C@H](O)[C@H](CC1CCCCC1)NC(=O)CCNC(=O)[C@H](Cc1ccccc1)NC(=O)CC(C)(C)N)C(=O)NCc1cnc(C)nc1N. The van der Waals surface area contributed by atoms with Gasteiger partial charge in [-0.1, -0.05) is 82.7 Å².